The average molecular weight is 1690 g/mol. The molecular formula is C112H84O16. The van der Waals surface area contributed by atoms with Gasteiger partial charge < -0.3 is 40.8 Å². The van der Waals surface area contributed by atoms with E-state index in [1.807, 2.05) is 296 Å². The van der Waals surface area contributed by atoms with E-state index in [1.54, 1.807) is 86.4 Å². The van der Waals surface area contributed by atoms with Crippen LogP contribution in [-0.2, 0) is 0 Å². The van der Waals surface area contributed by atoms with Crippen LogP contribution in [0.1, 0.15) is 33.4 Å². The highest BCUT2D eigenvalue weighted by Gasteiger charge is 2.17. The number of hydrogen-bond donors (Lipinski definition) is 1. The molecule has 7 heterocycles. The van der Waals surface area contributed by atoms with E-state index >= 15 is 0 Å². The first-order chi connectivity index (χ1) is 62.2. The summed E-state index contributed by atoms with van der Waals surface area (Å²) in [6, 6.07) is 103. The lowest BCUT2D eigenvalue weighted by Crippen LogP contribution is -2.05. The van der Waals surface area contributed by atoms with E-state index in [9.17, 15) is 38.7 Å². The van der Waals surface area contributed by atoms with Crippen molar-refractivity contribution >= 4 is 76.8 Å². The van der Waals surface area contributed by atoms with Crippen molar-refractivity contribution in [3.8, 4) is 89.4 Å². The molecule has 0 atom stereocenters. The normalized spacial score (nSPS) is 10.7. The monoisotopic (exact) mass is 1680 g/mol. The van der Waals surface area contributed by atoms with Crippen LogP contribution in [0.4, 0.5) is 0 Å². The molecule has 16 nitrogen and oxygen atoms in total. The molecule has 0 aliphatic heterocycles. The van der Waals surface area contributed by atoms with Crippen LogP contribution in [0.5, 0.6) is 11.5 Å². The fourth-order valence-electron chi connectivity index (χ4n) is 14.4. The molecule has 0 saturated heterocycles. The Morgan fingerprint density at radius 1 is 0.195 bits per heavy atom. The van der Waals surface area contributed by atoms with Crippen LogP contribution in [0.3, 0.4) is 0 Å². The summed E-state index contributed by atoms with van der Waals surface area (Å²) in [4.78, 5) is 86.7. The predicted octanol–water partition coefficient (Wildman–Crippen LogP) is 25.8. The first-order valence-corrected chi connectivity index (χ1v) is 41.1. The van der Waals surface area contributed by atoms with Gasteiger partial charge in [0.05, 0.1) is 83.8 Å². The minimum atomic E-state index is -0.0925. The van der Waals surface area contributed by atoms with E-state index < -0.39 is 0 Å². The molecule has 0 saturated carbocycles. The van der Waals surface area contributed by atoms with E-state index in [2.05, 4.69) is 0 Å². The zero-order valence-corrected chi connectivity index (χ0v) is 70.9. The van der Waals surface area contributed by atoms with Crippen LogP contribution in [-0.4, -0.2) is 12.2 Å². The Morgan fingerprint density at radius 3 is 0.797 bits per heavy atom. The minimum Gasteiger partial charge on any atom is -0.508 e. The summed E-state index contributed by atoms with van der Waals surface area (Å²) < 4.78 is 43.8. The number of fused-ring (bicyclic) bond motifs is 7. The summed E-state index contributed by atoms with van der Waals surface area (Å²) in [6.07, 6.45) is 10.6. The van der Waals surface area contributed by atoms with Crippen molar-refractivity contribution in [3.63, 3.8) is 0 Å². The van der Waals surface area contributed by atoms with Gasteiger partial charge in [0.1, 0.15) is 94.4 Å². The second-order valence-corrected chi connectivity index (χ2v) is 30.4. The molecule has 16 heteroatoms. The van der Waals surface area contributed by atoms with E-state index in [0.29, 0.717) is 121 Å². The SMILES string of the molecule is COc1ccccc1-c1coc2ccccc2c1=O.Cc1ccc(-c2coc3cc(C)ccc3c2=O)cc1.Cc1ccc(-c2coc3cc(O)ccc3c2=O)cc1.Cc1ccc(-c2coc3ccccc3c2=O)cc1.Cc1ccc(-c2coc3ccccc3c2=O)cc1.Cc1cccc(-c2coc3ccccc3c2=O)c1.O=c1c(-c2ccccc2)coc2ccccc12. The zero-order chi connectivity index (χ0) is 89.3. The topological polar surface area (TPSA) is 241 Å². The fraction of sp³-hybridized carbons (Fsp3) is 0.0625. The molecule has 0 unspecified atom stereocenters. The van der Waals surface area contributed by atoms with Gasteiger partial charge in [-0.1, -0.05) is 264 Å². The predicted molar refractivity (Wildman–Crippen MR) is 512 cm³/mol. The number of aromatic hydroxyl groups is 1. The fourth-order valence-corrected chi connectivity index (χ4v) is 14.4. The van der Waals surface area contributed by atoms with Gasteiger partial charge in [0.2, 0.25) is 5.43 Å². The third-order valence-corrected chi connectivity index (χ3v) is 21.3. The van der Waals surface area contributed by atoms with Gasteiger partial charge in [0, 0.05) is 11.6 Å². The van der Waals surface area contributed by atoms with Gasteiger partial charge in [0.15, 0.2) is 32.6 Å². The molecule has 0 bridgehead atoms. The third kappa shape index (κ3) is 19.8. The first kappa shape index (κ1) is 86.1. The van der Waals surface area contributed by atoms with Gasteiger partial charge in [-0.05, 0) is 171 Å². The number of ether oxygens (including phenoxy) is 1. The van der Waals surface area contributed by atoms with Gasteiger partial charge in [-0.15, -0.1) is 0 Å². The molecule has 0 aliphatic carbocycles. The van der Waals surface area contributed by atoms with Gasteiger partial charge in [-0.2, -0.15) is 0 Å². The van der Waals surface area contributed by atoms with Gasteiger partial charge >= 0.3 is 0 Å². The Labute approximate surface area is 733 Å². The lowest BCUT2D eigenvalue weighted by atomic mass is 10.0. The van der Waals surface area contributed by atoms with Crippen molar-refractivity contribution in [1.82, 2.24) is 0 Å². The summed E-state index contributed by atoms with van der Waals surface area (Å²) in [7, 11) is 1.58. The molecule has 128 heavy (non-hydrogen) atoms. The van der Waals surface area contributed by atoms with Gasteiger partial charge in [0.25, 0.3) is 0 Å². The number of hydrogen-bond acceptors (Lipinski definition) is 16. The average Bonchev–Trinajstić information content (AvgIpc) is 0.792. The van der Waals surface area contributed by atoms with Crippen molar-refractivity contribution in [1.29, 1.82) is 0 Å². The summed E-state index contributed by atoms with van der Waals surface area (Å²) in [5.74, 6) is 0.740. The van der Waals surface area contributed by atoms with Crippen LogP contribution in [0.2, 0.25) is 0 Å². The Kier molecular flexibility index (Phi) is 26.6. The molecule has 0 fully saturated rings. The zero-order valence-electron chi connectivity index (χ0n) is 70.9. The number of phenols is 1. The van der Waals surface area contributed by atoms with Crippen LogP contribution in [0.25, 0.3) is 155 Å². The molecule has 628 valence electrons. The Hall–Kier alpha value is -16.9. The lowest BCUT2D eigenvalue weighted by molar-refractivity contribution is 0.416. The van der Waals surface area contributed by atoms with E-state index in [0.717, 1.165) is 55.6 Å². The number of aryl methyl sites for hydroxylation is 6. The van der Waals surface area contributed by atoms with Crippen molar-refractivity contribution in [3.05, 3.63) is 482 Å². The largest absolute Gasteiger partial charge is 0.508 e. The first-order valence-electron chi connectivity index (χ1n) is 41.1. The lowest BCUT2D eigenvalue weighted by Gasteiger charge is -2.07. The van der Waals surface area contributed by atoms with E-state index in [1.165, 1.54) is 60.1 Å². The van der Waals surface area contributed by atoms with E-state index in [4.69, 9.17) is 35.7 Å². The Morgan fingerprint density at radius 2 is 0.445 bits per heavy atom. The van der Waals surface area contributed by atoms with Crippen molar-refractivity contribution in [2.45, 2.75) is 41.5 Å². The number of methoxy groups -OCH3 is 1. The second-order valence-electron chi connectivity index (χ2n) is 30.4. The molecule has 0 aliphatic rings. The maximum atomic E-state index is 12.5. The molecule has 14 aromatic carbocycles. The van der Waals surface area contributed by atoms with Gasteiger partial charge in [-0.25, -0.2) is 0 Å². The van der Waals surface area contributed by atoms with Crippen molar-refractivity contribution in [2.24, 2.45) is 0 Å². The number of phenolic OH excluding ortho intramolecular Hbond substituents is 1. The van der Waals surface area contributed by atoms with Crippen LogP contribution >= 0.6 is 0 Å². The van der Waals surface area contributed by atoms with Gasteiger partial charge in [-0.3, -0.25) is 33.6 Å². The summed E-state index contributed by atoms with van der Waals surface area (Å²) in [6.45, 7) is 12.0. The van der Waals surface area contributed by atoms with Crippen LogP contribution < -0.4 is 42.7 Å². The highest BCUT2D eigenvalue weighted by Crippen LogP contribution is 2.31. The van der Waals surface area contributed by atoms with Crippen molar-refractivity contribution < 1.29 is 40.8 Å². The van der Waals surface area contributed by atoms with Crippen LogP contribution in [0.15, 0.2) is 442 Å². The molecule has 0 amide bonds. The standard InChI is InChI=1S/C17H14O2.2C16H12O3.3C16H12O2.C15H10O2/c1-11-3-6-13(7-4-11)15-10-19-16-9-12(2)5-8-14(16)17(15)18;1-10-2-4-11(5-3-10)14-9-19-15-8-12(17)6-7-13(15)16(14)18;1-18-14-8-4-2-6-11(14)13-10-19-15-9-5-3-7-12(15)16(13)17;1-11-5-4-6-12(9-11)14-10-18-15-8-3-2-7-13(15)16(14)17;2*1-11-6-8-12(9-7-11)14-10-18-15-5-3-2-4-13(15)16(14)17;16-15-12-8-4-5-9-14(12)17-10-13(15)11-6-2-1-3-7-11/h3-10H,1-2H3;2-9,17H,1H3;2-10H,1H3;3*2-10H,1H3;1-10H. The third-order valence-electron chi connectivity index (χ3n) is 21.3. The molecular weight excluding hydrogens is 1600 g/mol. The summed E-state index contributed by atoms with van der Waals surface area (Å²) in [5, 5.41) is 13.5. The Bertz CT molecular complexity index is 7760. The molecule has 7 aromatic heterocycles. The molecule has 21 aromatic rings. The highest BCUT2D eigenvalue weighted by molar-refractivity contribution is 5.88. The maximum Gasteiger partial charge on any atom is 0.200 e. The number of para-hydroxylation sites is 6. The molecule has 0 radical (unpaired) electrons. The molecule has 1 N–H and O–H groups in total. The van der Waals surface area contributed by atoms with Crippen LogP contribution in [0, 0.1) is 41.5 Å². The second kappa shape index (κ2) is 39.6. The Balaban J connectivity index is 0.000000115. The summed E-state index contributed by atoms with van der Waals surface area (Å²) >= 11 is 0. The minimum absolute atomic E-state index is 0.0121. The molecule has 0 spiro atoms. The maximum absolute atomic E-state index is 12.5. The summed E-state index contributed by atoms with van der Waals surface area (Å²) in [5.41, 5.74) is 21.0. The number of benzene rings is 14. The molecule has 21 rings (SSSR count). The number of rotatable bonds is 8. The smallest absolute Gasteiger partial charge is 0.200 e. The van der Waals surface area contributed by atoms with E-state index in [-0.39, 0.29) is 43.8 Å². The highest BCUT2D eigenvalue weighted by atomic mass is 16.5. The quantitative estimate of drug-likeness (QED) is 0.149. The van der Waals surface area contributed by atoms with Crippen molar-refractivity contribution in [2.75, 3.05) is 7.11 Å².